The van der Waals surface area contributed by atoms with Crippen molar-refractivity contribution in [1.82, 2.24) is 9.97 Å². The second-order valence-electron chi connectivity index (χ2n) is 5.67. The van der Waals surface area contributed by atoms with E-state index in [1.165, 1.54) is 38.5 Å². The zero-order chi connectivity index (χ0) is 13.2. The number of rotatable bonds is 5. The molecular formula is C15H21ClN2O. The summed E-state index contributed by atoms with van der Waals surface area (Å²) < 4.78 is 5.84. The Balaban J connectivity index is 1.86. The zero-order valence-corrected chi connectivity index (χ0v) is 12.2. The predicted octanol–water partition coefficient (Wildman–Crippen LogP) is 4.28. The van der Waals surface area contributed by atoms with Crippen LogP contribution in [0.2, 0.25) is 5.15 Å². The second-order valence-corrected chi connectivity index (χ2v) is 6.06. The van der Waals surface area contributed by atoms with Gasteiger partial charge in [0.1, 0.15) is 11.3 Å². The van der Waals surface area contributed by atoms with Crippen LogP contribution >= 0.6 is 11.6 Å². The third-order valence-corrected chi connectivity index (χ3v) is 4.35. The largest absolute Gasteiger partial charge is 0.370 e. The molecule has 4 heteroatoms. The number of aromatic nitrogens is 2. The van der Waals surface area contributed by atoms with Gasteiger partial charge >= 0.3 is 0 Å². The molecular weight excluding hydrogens is 260 g/mol. The summed E-state index contributed by atoms with van der Waals surface area (Å²) in [6.07, 6.45) is 7.56. The van der Waals surface area contributed by atoms with Crippen molar-refractivity contribution in [3.8, 4) is 0 Å². The molecule has 0 radical (unpaired) electrons. The molecule has 0 aliphatic heterocycles. The van der Waals surface area contributed by atoms with E-state index < -0.39 is 0 Å². The Kier molecular flexibility index (Phi) is 4.04. The van der Waals surface area contributed by atoms with Gasteiger partial charge in [0.05, 0.1) is 0 Å². The van der Waals surface area contributed by atoms with Crippen LogP contribution in [0.5, 0.6) is 0 Å². The molecule has 0 spiro atoms. The summed E-state index contributed by atoms with van der Waals surface area (Å²) in [4.78, 5) is 9.19. The van der Waals surface area contributed by atoms with Crippen LogP contribution in [0.1, 0.15) is 69.0 Å². The first-order valence-corrected chi connectivity index (χ1v) is 7.81. The molecule has 0 aromatic carbocycles. The van der Waals surface area contributed by atoms with Crippen molar-refractivity contribution >= 4 is 11.6 Å². The second kappa shape index (κ2) is 5.76. The molecule has 3 nitrogen and oxygen atoms in total. The predicted molar refractivity (Wildman–Crippen MR) is 75.3 cm³/mol. The van der Waals surface area contributed by atoms with E-state index in [0.717, 1.165) is 11.5 Å². The summed E-state index contributed by atoms with van der Waals surface area (Å²) in [6, 6.07) is 1.94. The molecule has 19 heavy (non-hydrogen) atoms. The van der Waals surface area contributed by atoms with Gasteiger partial charge < -0.3 is 4.74 Å². The van der Waals surface area contributed by atoms with E-state index in [4.69, 9.17) is 21.3 Å². The van der Waals surface area contributed by atoms with Gasteiger partial charge in [-0.1, -0.05) is 24.4 Å². The summed E-state index contributed by atoms with van der Waals surface area (Å²) in [5.41, 5.74) is 1.12. The highest BCUT2D eigenvalue weighted by Crippen LogP contribution is 2.43. The van der Waals surface area contributed by atoms with E-state index in [9.17, 15) is 0 Å². The first-order chi connectivity index (χ1) is 9.28. The summed E-state index contributed by atoms with van der Waals surface area (Å²) in [5.74, 6) is 1.97. The molecule has 0 N–H and O–H groups in total. The Hall–Kier alpha value is -0.670. The lowest BCUT2D eigenvalue weighted by Crippen LogP contribution is -2.13. The number of hydrogen-bond acceptors (Lipinski definition) is 3. The van der Waals surface area contributed by atoms with E-state index in [1.807, 2.05) is 13.0 Å². The molecule has 0 amide bonds. The maximum absolute atomic E-state index is 6.19. The minimum atomic E-state index is 0.0452. The molecule has 1 unspecified atom stereocenters. The smallest absolute Gasteiger partial charge is 0.159 e. The first kappa shape index (κ1) is 13.3. The lowest BCUT2D eigenvalue weighted by molar-refractivity contribution is 0.0398. The van der Waals surface area contributed by atoms with Crippen LogP contribution in [0.15, 0.2) is 6.07 Å². The molecule has 1 heterocycles. The Labute approximate surface area is 119 Å². The molecule has 1 aromatic heterocycles. The summed E-state index contributed by atoms with van der Waals surface area (Å²) in [6.45, 7) is 2.73. The van der Waals surface area contributed by atoms with Crippen LogP contribution in [-0.2, 0) is 4.74 Å². The highest BCUT2D eigenvalue weighted by atomic mass is 35.5. The molecule has 104 valence electrons. The minimum absolute atomic E-state index is 0.0452. The number of nitrogens with zero attached hydrogens (tertiary/aromatic N) is 2. The number of halogens is 1. The molecule has 0 saturated heterocycles. The van der Waals surface area contributed by atoms with E-state index in [2.05, 4.69) is 4.98 Å². The minimum Gasteiger partial charge on any atom is -0.370 e. The van der Waals surface area contributed by atoms with Crippen LogP contribution in [0.4, 0.5) is 0 Å². The van der Waals surface area contributed by atoms with Gasteiger partial charge in [0.15, 0.2) is 5.82 Å². The van der Waals surface area contributed by atoms with E-state index in [1.54, 1.807) is 0 Å². The van der Waals surface area contributed by atoms with Gasteiger partial charge in [-0.25, -0.2) is 9.97 Å². The fourth-order valence-electron chi connectivity index (χ4n) is 3.01. The van der Waals surface area contributed by atoms with Crippen LogP contribution in [0.3, 0.4) is 0 Å². The average Bonchev–Trinajstić information content (AvgIpc) is 3.08. The van der Waals surface area contributed by atoms with Gasteiger partial charge in [-0.05, 0) is 44.6 Å². The lowest BCUT2D eigenvalue weighted by atomic mass is 10.0. The van der Waals surface area contributed by atoms with Gasteiger partial charge in [-0.2, -0.15) is 0 Å². The Morgan fingerprint density at radius 3 is 2.63 bits per heavy atom. The van der Waals surface area contributed by atoms with E-state index in [-0.39, 0.29) is 6.10 Å². The Bertz CT molecular complexity index is 442. The molecule has 1 aromatic rings. The fraction of sp³-hybridized carbons (Fsp3) is 0.733. The number of ether oxygens (including phenoxy) is 1. The number of hydrogen-bond donors (Lipinski definition) is 0. The molecule has 0 bridgehead atoms. The SMILES string of the molecule is CCOC(c1nc(Cl)cc(C2CCCC2)n1)C1CC1. The third kappa shape index (κ3) is 3.09. The van der Waals surface area contributed by atoms with Crippen molar-refractivity contribution in [2.45, 2.75) is 57.5 Å². The van der Waals surface area contributed by atoms with Gasteiger partial charge in [0.2, 0.25) is 0 Å². The van der Waals surface area contributed by atoms with Crippen LogP contribution < -0.4 is 0 Å². The summed E-state index contributed by atoms with van der Waals surface area (Å²) in [5, 5.41) is 0.567. The van der Waals surface area contributed by atoms with Gasteiger partial charge in [0, 0.05) is 18.2 Å². The highest BCUT2D eigenvalue weighted by molar-refractivity contribution is 6.29. The Morgan fingerprint density at radius 2 is 2.00 bits per heavy atom. The normalized spacial score (nSPS) is 21.8. The van der Waals surface area contributed by atoms with E-state index >= 15 is 0 Å². The van der Waals surface area contributed by atoms with Crippen molar-refractivity contribution in [2.24, 2.45) is 5.92 Å². The Morgan fingerprint density at radius 1 is 1.26 bits per heavy atom. The zero-order valence-electron chi connectivity index (χ0n) is 11.4. The van der Waals surface area contributed by atoms with Crippen LogP contribution in [0, 0.1) is 5.92 Å². The maximum atomic E-state index is 6.19. The molecule has 2 aliphatic carbocycles. The third-order valence-electron chi connectivity index (χ3n) is 4.16. The van der Waals surface area contributed by atoms with Crippen LogP contribution in [-0.4, -0.2) is 16.6 Å². The van der Waals surface area contributed by atoms with Crippen molar-refractivity contribution in [2.75, 3.05) is 6.61 Å². The molecule has 2 saturated carbocycles. The monoisotopic (exact) mass is 280 g/mol. The molecule has 3 rings (SSSR count). The topological polar surface area (TPSA) is 35.0 Å². The van der Waals surface area contributed by atoms with Crippen molar-refractivity contribution in [1.29, 1.82) is 0 Å². The molecule has 2 aliphatic rings. The van der Waals surface area contributed by atoms with Crippen molar-refractivity contribution in [3.05, 3.63) is 22.7 Å². The maximum Gasteiger partial charge on any atom is 0.159 e. The summed E-state index contributed by atoms with van der Waals surface area (Å²) in [7, 11) is 0. The molecule has 1 atom stereocenters. The van der Waals surface area contributed by atoms with Crippen LogP contribution in [0.25, 0.3) is 0 Å². The van der Waals surface area contributed by atoms with Gasteiger partial charge in [-0.15, -0.1) is 0 Å². The standard InChI is InChI=1S/C15H21ClN2O/c1-2-19-14(11-7-8-11)15-17-12(9-13(16)18-15)10-5-3-4-6-10/h9-11,14H,2-8H2,1H3. The fourth-order valence-corrected chi connectivity index (χ4v) is 3.21. The highest BCUT2D eigenvalue weighted by Gasteiger charge is 2.35. The van der Waals surface area contributed by atoms with Gasteiger partial charge in [0.25, 0.3) is 0 Å². The van der Waals surface area contributed by atoms with Crippen molar-refractivity contribution < 1.29 is 4.74 Å². The summed E-state index contributed by atoms with van der Waals surface area (Å²) >= 11 is 6.19. The van der Waals surface area contributed by atoms with Crippen molar-refractivity contribution in [3.63, 3.8) is 0 Å². The quantitative estimate of drug-likeness (QED) is 0.755. The van der Waals surface area contributed by atoms with E-state index in [0.29, 0.717) is 23.6 Å². The van der Waals surface area contributed by atoms with Gasteiger partial charge in [-0.3, -0.25) is 0 Å². The first-order valence-electron chi connectivity index (χ1n) is 7.44. The molecule has 2 fully saturated rings. The lowest BCUT2D eigenvalue weighted by Gasteiger charge is -2.17. The average molecular weight is 281 g/mol.